The zero-order valence-corrected chi connectivity index (χ0v) is 21.0. The third-order valence-electron chi connectivity index (χ3n) is 6.40. The normalized spacial score (nSPS) is 11.4. The maximum atomic E-state index is 12.5. The Kier molecular flexibility index (Phi) is 10.2. The standard InChI is InChI=1S/C29H39N3O2/c1-4-5-8-14-25-26-16-15-24(34-3)21-28(26)32(2)27(25)17-18-29(33)31-20-10-7-6-9-12-23-13-11-19-30-22-23/h11,13,15-19,21-22H,4-10,12,14,20H2,1-3H3,(H,31,33)/b18-17+. The Morgan fingerprint density at radius 2 is 1.91 bits per heavy atom. The molecule has 0 aliphatic carbocycles. The summed E-state index contributed by atoms with van der Waals surface area (Å²) < 4.78 is 7.60. The lowest BCUT2D eigenvalue weighted by Gasteiger charge is -2.05. The largest absolute Gasteiger partial charge is 0.497 e. The number of ether oxygens (including phenoxy) is 1. The molecule has 1 amide bonds. The van der Waals surface area contributed by atoms with Gasteiger partial charge < -0.3 is 14.6 Å². The molecule has 0 saturated heterocycles. The van der Waals surface area contributed by atoms with Crippen LogP contribution < -0.4 is 10.1 Å². The summed E-state index contributed by atoms with van der Waals surface area (Å²) in [7, 11) is 3.76. The van der Waals surface area contributed by atoms with Gasteiger partial charge in [0.25, 0.3) is 0 Å². The number of rotatable bonds is 14. The maximum Gasteiger partial charge on any atom is 0.244 e. The number of methoxy groups -OCH3 is 1. The van der Waals surface area contributed by atoms with Gasteiger partial charge in [-0.15, -0.1) is 0 Å². The second-order valence-corrected chi connectivity index (χ2v) is 8.91. The Hall–Kier alpha value is -3.08. The zero-order chi connectivity index (χ0) is 24.2. The molecule has 0 unspecified atom stereocenters. The van der Waals surface area contributed by atoms with Gasteiger partial charge in [-0.3, -0.25) is 9.78 Å². The molecule has 0 bridgehead atoms. The summed E-state index contributed by atoms with van der Waals surface area (Å²) in [5.41, 5.74) is 4.84. The van der Waals surface area contributed by atoms with Crippen LogP contribution in [0.4, 0.5) is 0 Å². The number of amides is 1. The van der Waals surface area contributed by atoms with Gasteiger partial charge in [-0.05, 0) is 67.5 Å². The molecular weight excluding hydrogens is 422 g/mol. The predicted octanol–water partition coefficient (Wildman–Crippen LogP) is 6.25. The summed E-state index contributed by atoms with van der Waals surface area (Å²) in [5, 5.41) is 4.28. The molecule has 2 aromatic heterocycles. The number of carbonyl (C=O) groups excluding carboxylic acids is 1. The molecular formula is C29H39N3O2. The SMILES string of the molecule is CCCCCc1c(/C=C/C(=O)NCCCCCCc2cccnc2)n(C)c2cc(OC)ccc12. The van der Waals surface area contributed by atoms with Crippen LogP contribution in [0.5, 0.6) is 5.75 Å². The van der Waals surface area contributed by atoms with Crippen molar-refractivity contribution in [3.8, 4) is 5.75 Å². The smallest absolute Gasteiger partial charge is 0.244 e. The lowest BCUT2D eigenvalue weighted by Crippen LogP contribution is -2.22. The number of pyridine rings is 1. The highest BCUT2D eigenvalue weighted by atomic mass is 16.5. The first kappa shape index (κ1) is 25.5. The molecule has 0 fully saturated rings. The van der Waals surface area contributed by atoms with Crippen molar-refractivity contribution in [2.24, 2.45) is 7.05 Å². The predicted molar refractivity (Wildman–Crippen MR) is 141 cm³/mol. The van der Waals surface area contributed by atoms with Crippen molar-refractivity contribution in [3.05, 3.63) is 65.6 Å². The van der Waals surface area contributed by atoms with Gasteiger partial charge in [0, 0.05) is 49.2 Å². The third kappa shape index (κ3) is 7.21. The number of benzene rings is 1. The van der Waals surface area contributed by atoms with E-state index in [9.17, 15) is 4.79 Å². The second kappa shape index (κ2) is 13.6. The van der Waals surface area contributed by atoms with E-state index >= 15 is 0 Å². The number of unbranched alkanes of at least 4 members (excludes halogenated alkanes) is 5. The summed E-state index contributed by atoms with van der Waals surface area (Å²) in [5.74, 6) is 0.819. The van der Waals surface area contributed by atoms with Crippen molar-refractivity contribution in [3.63, 3.8) is 0 Å². The van der Waals surface area contributed by atoms with E-state index in [0.717, 1.165) is 55.5 Å². The van der Waals surface area contributed by atoms with Gasteiger partial charge in [0.15, 0.2) is 0 Å². The Morgan fingerprint density at radius 1 is 1.09 bits per heavy atom. The number of carbonyl (C=O) groups is 1. The van der Waals surface area contributed by atoms with Crippen molar-refractivity contribution < 1.29 is 9.53 Å². The van der Waals surface area contributed by atoms with Crippen LogP contribution in [0.2, 0.25) is 0 Å². The molecule has 3 rings (SSSR count). The van der Waals surface area contributed by atoms with E-state index in [-0.39, 0.29) is 5.91 Å². The van der Waals surface area contributed by atoms with Crippen LogP contribution in [0.25, 0.3) is 17.0 Å². The fraction of sp³-hybridized carbons (Fsp3) is 0.448. The molecule has 0 aliphatic rings. The average Bonchev–Trinajstić information content (AvgIpc) is 3.13. The van der Waals surface area contributed by atoms with Crippen molar-refractivity contribution in [2.45, 2.75) is 64.7 Å². The highest BCUT2D eigenvalue weighted by molar-refractivity contribution is 5.94. The Bertz CT molecular complexity index is 1070. The second-order valence-electron chi connectivity index (χ2n) is 8.91. The summed E-state index contributed by atoms with van der Waals surface area (Å²) in [6, 6.07) is 10.3. The number of hydrogen-bond donors (Lipinski definition) is 1. The molecule has 0 spiro atoms. The maximum absolute atomic E-state index is 12.5. The van der Waals surface area contributed by atoms with E-state index in [0.29, 0.717) is 6.54 Å². The topological polar surface area (TPSA) is 56.2 Å². The van der Waals surface area contributed by atoms with Crippen LogP contribution in [0.1, 0.15) is 68.7 Å². The van der Waals surface area contributed by atoms with E-state index < -0.39 is 0 Å². The van der Waals surface area contributed by atoms with Crippen molar-refractivity contribution in [1.29, 1.82) is 0 Å². The Morgan fingerprint density at radius 3 is 2.68 bits per heavy atom. The molecule has 182 valence electrons. The number of aryl methyl sites for hydroxylation is 3. The van der Waals surface area contributed by atoms with Gasteiger partial charge in [0.1, 0.15) is 5.75 Å². The summed E-state index contributed by atoms with van der Waals surface area (Å²) in [6.07, 6.45) is 17.5. The average molecular weight is 462 g/mol. The van der Waals surface area contributed by atoms with E-state index in [1.165, 1.54) is 35.8 Å². The number of hydrogen-bond acceptors (Lipinski definition) is 3. The van der Waals surface area contributed by atoms with Crippen LogP contribution in [-0.4, -0.2) is 29.1 Å². The molecule has 0 saturated carbocycles. The molecule has 0 atom stereocenters. The van der Waals surface area contributed by atoms with E-state index in [1.807, 2.05) is 30.6 Å². The molecule has 1 N–H and O–H groups in total. The number of fused-ring (bicyclic) bond motifs is 1. The number of nitrogens with one attached hydrogen (secondary N) is 1. The van der Waals surface area contributed by atoms with E-state index in [2.05, 4.69) is 47.0 Å². The quantitative estimate of drug-likeness (QED) is 0.228. The zero-order valence-electron chi connectivity index (χ0n) is 21.0. The molecule has 0 aliphatic heterocycles. The minimum absolute atomic E-state index is 0.0299. The minimum atomic E-state index is -0.0299. The van der Waals surface area contributed by atoms with Gasteiger partial charge in [0.05, 0.1) is 12.6 Å². The van der Waals surface area contributed by atoms with Crippen LogP contribution in [0.3, 0.4) is 0 Å². The molecule has 2 heterocycles. The lowest BCUT2D eigenvalue weighted by atomic mass is 10.0. The van der Waals surface area contributed by atoms with Crippen LogP contribution in [0, 0.1) is 0 Å². The molecule has 5 heteroatoms. The first-order valence-electron chi connectivity index (χ1n) is 12.6. The first-order valence-corrected chi connectivity index (χ1v) is 12.6. The van der Waals surface area contributed by atoms with E-state index in [1.54, 1.807) is 13.2 Å². The number of aromatic nitrogens is 2. The van der Waals surface area contributed by atoms with Crippen LogP contribution in [-0.2, 0) is 24.7 Å². The number of nitrogens with zero attached hydrogens (tertiary/aromatic N) is 2. The minimum Gasteiger partial charge on any atom is -0.497 e. The first-order chi connectivity index (χ1) is 16.6. The van der Waals surface area contributed by atoms with Crippen LogP contribution >= 0.6 is 0 Å². The molecule has 34 heavy (non-hydrogen) atoms. The van der Waals surface area contributed by atoms with Gasteiger partial charge >= 0.3 is 0 Å². The van der Waals surface area contributed by atoms with Gasteiger partial charge in [-0.2, -0.15) is 0 Å². The summed E-state index contributed by atoms with van der Waals surface area (Å²) in [4.78, 5) is 16.6. The summed E-state index contributed by atoms with van der Waals surface area (Å²) in [6.45, 7) is 2.94. The third-order valence-corrected chi connectivity index (χ3v) is 6.40. The molecule has 5 nitrogen and oxygen atoms in total. The Balaban J connectivity index is 1.52. The molecule has 0 radical (unpaired) electrons. The fourth-order valence-electron chi connectivity index (χ4n) is 4.45. The lowest BCUT2D eigenvalue weighted by molar-refractivity contribution is -0.116. The van der Waals surface area contributed by atoms with Crippen LogP contribution in [0.15, 0.2) is 48.8 Å². The van der Waals surface area contributed by atoms with Crippen molar-refractivity contribution in [1.82, 2.24) is 14.9 Å². The van der Waals surface area contributed by atoms with Gasteiger partial charge in [-0.1, -0.05) is 38.7 Å². The molecule has 1 aromatic carbocycles. The Labute approximate surface area is 204 Å². The fourth-order valence-corrected chi connectivity index (χ4v) is 4.45. The van der Waals surface area contributed by atoms with Gasteiger partial charge in [0.2, 0.25) is 5.91 Å². The summed E-state index contributed by atoms with van der Waals surface area (Å²) >= 11 is 0. The van der Waals surface area contributed by atoms with Crippen molar-refractivity contribution >= 4 is 22.9 Å². The van der Waals surface area contributed by atoms with Gasteiger partial charge in [-0.25, -0.2) is 0 Å². The van der Waals surface area contributed by atoms with E-state index in [4.69, 9.17) is 4.74 Å². The molecule has 3 aromatic rings. The highest BCUT2D eigenvalue weighted by Gasteiger charge is 2.14. The highest BCUT2D eigenvalue weighted by Crippen LogP contribution is 2.31. The van der Waals surface area contributed by atoms with Crippen molar-refractivity contribution in [2.75, 3.05) is 13.7 Å². The monoisotopic (exact) mass is 461 g/mol.